The Morgan fingerprint density at radius 3 is 2.79 bits per heavy atom. The highest BCUT2D eigenvalue weighted by Gasteiger charge is 2.18. The van der Waals surface area contributed by atoms with Crippen molar-refractivity contribution in [2.75, 3.05) is 18.9 Å². The maximum Gasteiger partial charge on any atom is 0.256 e. The highest BCUT2D eigenvalue weighted by atomic mass is 32.1. The number of carbonyl (C=O) groups is 2. The van der Waals surface area contributed by atoms with E-state index in [9.17, 15) is 9.59 Å². The molecule has 0 aliphatic rings. The standard InChI is InChI=1S/C22H20N4O2S/c1-14-24-20(13-29-14)15-6-5-7-16(10-15)25-21(27)12-26(2)22(28)18-11-23-19-9-4-3-8-17(18)19/h3-11,13,23H,12H2,1-2H3,(H,25,27). The topological polar surface area (TPSA) is 78.1 Å². The number of anilines is 1. The summed E-state index contributed by atoms with van der Waals surface area (Å²) in [6.07, 6.45) is 1.68. The number of fused-ring (bicyclic) bond motifs is 1. The van der Waals surface area contributed by atoms with Crippen LogP contribution in [0.4, 0.5) is 5.69 Å². The van der Waals surface area contributed by atoms with Gasteiger partial charge in [-0.25, -0.2) is 4.98 Å². The van der Waals surface area contributed by atoms with E-state index in [0.29, 0.717) is 11.3 Å². The van der Waals surface area contributed by atoms with Gasteiger partial charge in [-0.1, -0.05) is 30.3 Å². The predicted molar refractivity (Wildman–Crippen MR) is 116 cm³/mol. The van der Waals surface area contributed by atoms with Gasteiger partial charge in [0, 0.05) is 40.8 Å². The molecule has 0 aliphatic heterocycles. The van der Waals surface area contributed by atoms with Crippen molar-refractivity contribution in [1.82, 2.24) is 14.9 Å². The molecule has 0 saturated carbocycles. The van der Waals surface area contributed by atoms with Gasteiger partial charge in [-0.05, 0) is 25.1 Å². The van der Waals surface area contributed by atoms with Crippen LogP contribution in [0.5, 0.6) is 0 Å². The Kier molecular flexibility index (Phi) is 5.14. The first-order valence-electron chi connectivity index (χ1n) is 9.15. The number of benzene rings is 2. The molecule has 29 heavy (non-hydrogen) atoms. The molecule has 2 amide bonds. The lowest BCUT2D eigenvalue weighted by Crippen LogP contribution is -2.34. The summed E-state index contributed by atoms with van der Waals surface area (Å²) in [5, 5.41) is 6.69. The maximum absolute atomic E-state index is 12.8. The minimum absolute atomic E-state index is 0.0433. The molecule has 0 fully saturated rings. The first kappa shape index (κ1) is 18.9. The van der Waals surface area contributed by atoms with Gasteiger partial charge >= 0.3 is 0 Å². The van der Waals surface area contributed by atoms with Crippen molar-refractivity contribution in [3.8, 4) is 11.3 Å². The summed E-state index contributed by atoms with van der Waals surface area (Å²) in [5.74, 6) is -0.461. The number of hydrogen-bond acceptors (Lipinski definition) is 4. The largest absolute Gasteiger partial charge is 0.360 e. The van der Waals surface area contributed by atoms with E-state index in [-0.39, 0.29) is 18.4 Å². The average Bonchev–Trinajstić information content (AvgIpc) is 3.34. The summed E-state index contributed by atoms with van der Waals surface area (Å²) in [5.41, 5.74) is 3.94. The summed E-state index contributed by atoms with van der Waals surface area (Å²) in [4.78, 5) is 34.2. The van der Waals surface area contributed by atoms with Crippen LogP contribution in [-0.2, 0) is 4.79 Å². The van der Waals surface area contributed by atoms with Crippen LogP contribution in [0.1, 0.15) is 15.4 Å². The highest BCUT2D eigenvalue weighted by Crippen LogP contribution is 2.24. The predicted octanol–water partition coefficient (Wildman–Crippen LogP) is 4.31. The van der Waals surface area contributed by atoms with Crippen molar-refractivity contribution in [3.05, 3.63) is 70.7 Å². The summed E-state index contributed by atoms with van der Waals surface area (Å²) >= 11 is 1.58. The molecular weight excluding hydrogens is 384 g/mol. The Balaban J connectivity index is 1.43. The monoisotopic (exact) mass is 404 g/mol. The van der Waals surface area contributed by atoms with Crippen LogP contribution >= 0.6 is 11.3 Å². The molecule has 4 rings (SSSR count). The van der Waals surface area contributed by atoms with Crippen LogP contribution in [0.3, 0.4) is 0 Å². The lowest BCUT2D eigenvalue weighted by molar-refractivity contribution is -0.116. The van der Waals surface area contributed by atoms with Crippen molar-refractivity contribution in [3.63, 3.8) is 0 Å². The van der Waals surface area contributed by atoms with Gasteiger partial charge in [0.05, 0.1) is 22.8 Å². The molecule has 7 heteroatoms. The van der Waals surface area contributed by atoms with Gasteiger partial charge in [0.25, 0.3) is 5.91 Å². The maximum atomic E-state index is 12.8. The van der Waals surface area contributed by atoms with E-state index in [1.54, 1.807) is 24.6 Å². The molecule has 2 aromatic heterocycles. The number of aromatic nitrogens is 2. The molecule has 0 unspecified atom stereocenters. The van der Waals surface area contributed by atoms with Gasteiger partial charge in [0.15, 0.2) is 0 Å². The van der Waals surface area contributed by atoms with Crippen LogP contribution in [-0.4, -0.2) is 40.3 Å². The molecule has 146 valence electrons. The zero-order valence-corrected chi connectivity index (χ0v) is 16.9. The summed E-state index contributed by atoms with van der Waals surface area (Å²) in [6.45, 7) is 1.92. The number of likely N-dealkylation sites (N-methyl/N-ethyl adjacent to an activating group) is 1. The Bertz CT molecular complexity index is 1190. The summed E-state index contributed by atoms with van der Waals surface area (Å²) < 4.78 is 0. The Hall–Kier alpha value is -3.45. The van der Waals surface area contributed by atoms with Gasteiger partial charge in [-0.3, -0.25) is 9.59 Å². The average molecular weight is 404 g/mol. The lowest BCUT2D eigenvalue weighted by Gasteiger charge is -2.16. The second-order valence-electron chi connectivity index (χ2n) is 6.79. The van der Waals surface area contributed by atoms with Crippen LogP contribution in [0.2, 0.25) is 0 Å². The number of carbonyl (C=O) groups excluding carboxylic acids is 2. The second kappa shape index (κ2) is 7.89. The van der Waals surface area contributed by atoms with E-state index in [1.165, 1.54) is 4.90 Å². The van der Waals surface area contributed by atoms with E-state index in [0.717, 1.165) is 27.2 Å². The third-order valence-electron chi connectivity index (χ3n) is 4.61. The molecule has 0 spiro atoms. The molecule has 0 aliphatic carbocycles. The molecule has 4 aromatic rings. The van der Waals surface area contributed by atoms with Gasteiger partial charge in [0.1, 0.15) is 0 Å². The second-order valence-corrected chi connectivity index (χ2v) is 7.85. The van der Waals surface area contributed by atoms with Gasteiger partial charge in [-0.2, -0.15) is 0 Å². The minimum atomic E-state index is -0.257. The SMILES string of the molecule is Cc1nc(-c2cccc(NC(=O)CN(C)C(=O)c3c[nH]c4ccccc34)c2)cs1. The molecule has 0 saturated heterocycles. The van der Waals surface area contributed by atoms with Crippen LogP contribution < -0.4 is 5.32 Å². The zero-order chi connectivity index (χ0) is 20.4. The molecule has 0 bridgehead atoms. The third-order valence-corrected chi connectivity index (χ3v) is 5.38. The van der Waals surface area contributed by atoms with E-state index in [2.05, 4.69) is 15.3 Å². The fourth-order valence-electron chi connectivity index (χ4n) is 3.19. The quantitative estimate of drug-likeness (QED) is 0.520. The highest BCUT2D eigenvalue weighted by molar-refractivity contribution is 7.09. The van der Waals surface area contributed by atoms with Crippen LogP contribution in [0.25, 0.3) is 22.2 Å². The van der Waals surface area contributed by atoms with Crippen LogP contribution in [0.15, 0.2) is 60.1 Å². The first-order chi connectivity index (χ1) is 14.0. The number of aromatic amines is 1. The van der Waals surface area contributed by atoms with Crippen molar-refractivity contribution in [2.24, 2.45) is 0 Å². The van der Waals surface area contributed by atoms with E-state index < -0.39 is 0 Å². The van der Waals surface area contributed by atoms with Crippen molar-refractivity contribution < 1.29 is 9.59 Å². The molecule has 0 radical (unpaired) electrons. The fourth-order valence-corrected chi connectivity index (χ4v) is 3.82. The first-order valence-corrected chi connectivity index (χ1v) is 10.0. The number of hydrogen-bond donors (Lipinski definition) is 2. The van der Waals surface area contributed by atoms with Crippen molar-refractivity contribution >= 4 is 39.7 Å². The van der Waals surface area contributed by atoms with Crippen LogP contribution in [0, 0.1) is 6.92 Å². The molecule has 6 nitrogen and oxygen atoms in total. The molecule has 2 N–H and O–H groups in total. The van der Waals surface area contributed by atoms with Gasteiger partial charge < -0.3 is 15.2 Å². The third kappa shape index (κ3) is 4.05. The number of thiazole rings is 1. The number of nitrogens with zero attached hydrogens (tertiary/aromatic N) is 2. The Morgan fingerprint density at radius 2 is 2.00 bits per heavy atom. The normalized spacial score (nSPS) is 10.8. The number of rotatable bonds is 5. The van der Waals surface area contributed by atoms with E-state index >= 15 is 0 Å². The summed E-state index contributed by atoms with van der Waals surface area (Å²) in [7, 11) is 1.62. The number of amides is 2. The smallest absolute Gasteiger partial charge is 0.256 e. The lowest BCUT2D eigenvalue weighted by atomic mass is 10.1. The molecule has 0 atom stereocenters. The number of nitrogens with one attached hydrogen (secondary N) is 2. The van der Waals surface area contributed by atoms with Gasteiger partial charge in [0.2, 0.25) is 5.91 Å². The van der Waals surface area contributed by atoms with Crippen molar-refractivity contribution in [1.29, 1.82) is 0 Å². The Labute approximate surface area is 172 Å². The molecule has 2 heterocycles. The Morgan fingerprint density at radius 1 is 1.17 bits per heavy atom. The van der Waals surface area contributed by atoms with Gasteiger partial charge in [-0.15, -0.1) is 11.3 Å². The fraction of sp³-hybridized carbons (Fsp3) is 0.136. The summed E-state index contributed by atoms with van der Waals surface area (Å²) in [6, 6.07) is 15.1. The molecule has 2 aromatic carbocycles. The number of para-hydroxylation sites is 1. The number of aryl methyl sites for hydroxylation is 1. The van der Waals surface area contributed by atoms with E-state index in [4.69, 9.17) is 0 Å². The molecular formula is C22H20N4O2S. The minimum Gasteiger partial charge on any atom is -0.360 e. The van der Waals surface area contributed by atoms with Crippen molar-refractivity contribution in [2.45, 2.75) is 6.92 Å². The number of H-pyrrole nitrogens is 1. The zero-order valence-electron chi connectivity index (χ0n) is 16.1. The van der Waals surface area contributed by atoms with E-state index in [1.807, 2.05) is 60.8 Å².